The summed E-state index contributed by atoms with van der Waals surface area (Å²) < 4.78 is 0.877. The molecule has 132 valence electrons. The first-order valence-electron chi connectivity index (χ1n) is 8.18. The van der Waals surface area contributed by atoms with Crippen LogP contribution in [0.1, 0.15) is 19.3 Å². The topological polar surface area (TPSA) is 61.4 Å². The Bertz CT molecular complexity index is 593. The number of rotatable bonds is 4. The molecule has 0 spiro atoms. The number of amides is 2. The standard InChI is InChI=1S/C17H22BrN3O2.ClH/c18-14-5-1-2-6-15(14)21-11-13(8-16(21)22)17(23)20-10-12-4-3-7-19-9-12;/h1-2,5-6,12-13,19H,3-4,7-11H2,(H,20,23);1H. The number of carbonyl (C=O) groups excluding carboxylic acids is 2. The lowest BCUT2D eigenvalue weighted by Crippen LogP contribution is -2.40. The summed E-state index contributed by atoms with van der Waals surface area (Å²) in [5.74, 6) is 0.255. The summed E-state index contributed by atoms with van der Waals surface area (Å²) in [5.41, 5.74) is 0.837. The number of nitrogens with zero attached hydrogens (tertiary/aromatic N) is 1. The highest BCUT2D eigenvalue weighted by Gasteiger charge is 2.35. The third kappa shape index (κ3) is 4.49. The Hall–Kier alpha value is -1.11. The molecule has 2 N–H and O–H groups in total. The van der Waals surface area contributed by atoms with Gasteiger partial charge in [0.2, 0.25) is 11.8 Å². The van der Waals surface area contributed by atoms with E-state index in [1.165, 1.54) is 0 Å². The van der Waals surface area contributed by atoms with Crippen LogP contribution in [0.25, 0.3) is 0 Å². The molecule has 1 aromatic carbocycles. The number of carbonyl (C=O) groups is 2. The largest absolute Gasteiger partial charge is 0.355 e. The zero-order valence-electron chi connectivity index (χ0n) is 13.5. The summed E-state index contributed by atoms with van der Waals surface area (Å²) in [5, 5.41) is 6.38. The van der Waals surface area contributed by atoms with Crippen LogP contribution in [-0.2, 0) is 9.59 Å². The Labute approximate surface area is 157 Å². The maximum Gasteiger partial charge on any atom is 0.227 e. The number of anilines is 1. The molecule has 2 heterocycles. The summed E-state index contributed by atoms with van der Waals surface area (Å²) in [6.07, 6.45) is 2.61. The first-order chi connectivity index (χ1) is 11.1. The highest BCUT2D eigenvalue weighted by molar-refractivity contribution is 9.10. The fourth-order valence-corrected chi connectivity index (χ4v) is 3.77. The van der Waals surface area contributed by atoms with Crippen molar-refractivity contribution in [2.75, 3.05) is 31.1 Å². The Kier molecular flexibility index (Phi) is 7.07. The number of hydrogen-bond donors (Lipinski definition) is 2. The van der Waals surface area contributed by atoms with Gasteiger partial charge in [-0.25, -0.2) is 0 Å². The third-order valence-corrected chi connectivity index (χ3v) is 5.27. The molecule has 0 bridgehead atoms. The predicted molar refractivity (Wildman–Crippen MR) is 100 cm³/mol. The molecule has 2 unspecified atom stereocenters. The fourth-order valence-electron chi connectivity index (χ4n) is 3.27. The van der Waals surface area contributed by atoms with Crippen molar-refractivity contribution in [2.45, 2.75) is 19.3 Å². The molecule has 0 saturated carbocycles. The molecule has 2 amide bonds. The SMILES string of the molecule is Cl.O=C(NCC1CCCNC1)C1CC(=O)N(c2ccccc2Br)C1. The number of benzene rings is 1. The zero-order chi connectivity index (χ0) is 16.2. The van der Waals surface area contributed by atoms with Gasteiger partial charge in [-0.15, -0.1) is 12.4 Å². The number of para-hydroxylation sites is 1. The van der Waals surface area contributed by atoms with Crippen LogP contribution in [0, 0.1) is 11.8 Å². The zero-order valence-corrected chi connectivity index (χ0v) is 15.9. The second kappa shape index (κ2) is 8.83. The smallest absolute Gasteiger partial charge is 0.227 e. The summed E-state index contributed by atoms with van der Waals surface area (Å²) in [4.78, 5) is 26.3. The van der Waals surface area contributed by atoms with E-state index in [0.29, 0.717) is 19.0 Å². The summed E-state index contributed by atoms with van der Waals surface area (Å²) in [6.45, 7) is 3.19. The fraction of sp³-hybridized carbons (Fsp3) is 0.529. The van der Waals surface area contributed by atoms with Gasteiger partial charge in [-0.3, -0.25) is 9.59 Å². The van der Waals surface area contributed by atoms with Crippen molar-refractivity contribution < 1.29 is 9.59 Å². The van der Waals surface area contributed by atoms with Crippen molar-refractivity contribution >= 4 is 45.8 Å². The predicted octanol–water partition coefficient (Wildman–Crippen LogP) is 2.34. The van der Waals surface area contributed by atoms with Crippen LogP contribution in [0.2, 0.25) is 0 Å². The summed E-state index contributed by atoms with van der Waals surface area (Å²) >= 11 is 3.47. The van der Waals surface area contributed by atoms with E-state index in [9.17, 15) is 9.59 Å². The molecule has 0 aromatic heterocycles. The molecule has 1 aromatic rings. The molecule has 2 saturated heterocycles. The molecular weight excluding hydrogens is 394 g/mol. The Balaban J connectivity index is 0.00000208. The van der Waals surface area contributed by atoms with Crippen LogP contribution in [0.5, 0.6) is 0 Å². The van der Waals surface area contributed by atoms with Gasteiger partial charge in [-0.2, -0.15) is 0 Å². The normalized spacial score (nSPS) is 23.7. The van der Waals surface area contributed by atoms with E-state index < -0.39 is 0 Å². The second-order valence-corrected chi connectivity index (χ2v) is 7.17. The van der Waals surface area contributed by atoms with E-state index in [1.807, 2.05) is 24.3 Å². The molecule has 5 nitrogen and oxygen atoms in total. The van der Waals surface area contributed by atoms with E-state index in [4.69, 9.17) is 0 Å². The van der Waals surface area contributed by atoms with Crippen molar-refractivity contribution in [1.29, 1.82) is 0 Å². The second-order valence-electron chi connectivity index (χ2n) is 6.31. The Morgan fingerprint density at radius 3 is 2.88 bits per heavy atom. The molecule has 2 aliphatic rings. The van der Waals surface area contributed by atoms with Crippen molar-refractivity contribution in [3.05, 3.63) is 28.7 Å². The average Bonchev–Trinajstić information content (AvgIpc) is 2.96. The minimum Gasteiger partial charge on any atom is -0.355 e. The Morgan fingerprint density at radius 2 is 2.17 bits per heavy atom. The van der Waals surface area contributed by atoms with E-state index in [2.05, 4.69) is 26.6 Å². The summed E-state index contributed by atoms with van der Waals surface area (Å²) in [6, 6.07) is 7.62. The van der Waals surface area contributed by atoms with Gasteiger partial charge in [-0.05, 0) is 59.9 Å². The first kappa shape index (κ1) is 19.2. The highest BCUT2D eigenvalue weighted by atomic mass is 79.9. The lowest BCUT2D eigenvalue weighted by atomic mass is 9.99. The van der Waals surface area contributed by atoms with Gasteiger partial charge in [0.15, 0.2) is 0 Å². The van der Waals surface area contributed by atoms with E-state index in [-0.39, 0.29) is 36.6 Å². The van der Waals surface area contributed by atoms with Gasteiger partial charge in [0, 0.05) is 24.0 Å². The minimum absolute atomic E-state index is 0. The molecule has 0 aliphatic carbocycles. The van der Waals surface area contributed by atoms with Gasteiger partial charge in [0.25, 0.3) is 0 Å². The third-order valence-electron chi connectivity index (χ3n) is 4.60. The van der Waals surface area contributed by atoms with Crippen LogP contribution < -0.4 is 15.5 Å². The van der Waals surface area contributed by atoms with Crippen molar-refractivity contribution in [3.63, 3.8) is 0 Å². The van der Waals surface area contributed by atoms with E-state index >= 15 is 0 Å². The van der Waals surface area contributed by atoms with E-state index in [0.717, 1.165) is 36.1 Å². The molecule has 2 atom stereocenters. The van der Waals surface area contributed by atoms with Gasteiger partial charge < -0.3 is 15.5 Å². The van der Waals surface area contributed by atoms with E-state index in [1.54, 1.807) is 4.90 Å². The number of nitrogens with one attached hydrogen (secondary N) is 2. The number of hydrogen-bond acceptors (Lipinski definition) is 3. The lowest BCUT2D eigenvalue weighted by Gasteiger charge is -2.23. The molecular formula is C17H23BrClN3O2. The maximum absolute atomic E-state index is 12.4. The van der Waals surface area contributed by atoms with Crippen LogP contribution >= 0.6 is 28.3 Å². The molecule has 3 rings (SSSR count). The first-order valence-corrected chi connectivity index (χ1v) is 8.98. The quantitative estimate of drug-likeness (QED) is 0.792. The molecule has 2 fully saturated rings. The minimum atomic E-state index is -0.258. The number of piperidine rings is 1. The van der Waals surface area contributed by atoms with Gasteiger partial charge in [0.1, 0.15) is 0 Å². The average molecular weight is 417 g/mol. The van der Waals surface area contributed by atoms with Crippen LogP contribution in [0.3, 0.4) is 0 Å². The van der Waals surface area contributed by atoms with Crippen LogP contribution in [0.15, 0.2) is 28.7 Å². The highest BCUT2D eigenvalue weighted by Crippen LogP contribution is 2.31. The summed E-state index contributed by atoms with van der Waals surface area (Å²) in [7, 11) is 0. The van der Waals surface area contributed by atoms with Crippen molar-refractivity contribution in [3.8, 4) is 0 Å². The Morgan fingerprint density at radius 1 is 1.38 bits per heavy atom. The van der Waals surface area contributed by atoms with Gasteiger partial charge >= 0.3 is 0 Å². The maximum atomic E-state index is 12.4. The molecule has 7 heteroatoms. The lowest BCUT2D eigenvalue weighted by molar-refractivity contribution is -0.126. The molecule has 0 radical (unpaired) electrons. The van der Waals surface area contributed by atoms with Crippen molar-refractivity contribution in [1.82, 2.24) is 10.6 Å². The van der Waals surface area contributed by atoms with Crippen LogP contribution in [-0.4, -0.2) is 38.0 Å². The molecule has 24 heavy (non-hydrogen) atoms. The van der Waals surface area contributed by atoms with Crippen LogP contribution in [0.4, 0.5) is 5.69 Å². The molecule has 2 aliphatic heterocycles. The monoisotopic (exact) mass is 415 g/mol. The van der Waals surface area contributed by atoms with Gasteiger partial charge in [-0.1, -0.05) is 12.1 Å². The number of halogens is 2. The van der Waals surface area contributed by atoms with Crippen molar-refractivity contribution in [2.24, 2.45) is 11.8 Å². The van der Waals surface area contributed by atoms with Gasteiger partial charge in [0.05, 0.1) is 11.6 Å².